The molecule has 116 valence electrons. The number of esters is 1. The third kappa shape index (κ3) is 3.10. The number of benzene rings is 2. The molecule has 3 aromatic rings. The van der Waals surface area contributed by atoms with Crippen LogP contribution in [-0.2, 0) is 11.3 Å². The van der Waals surface area contributed by atoms with E-state index in [9.17, 15) is 9.59 Å². The summed E-state index contributed by atoms with van der Waals surface area (Å²) in [5.74, 6) is 0.228. The summed E-state index contributed by atoms with van der Waals surface area (Å²) >= 11 is 1.26. The summed E-state index contributed by atoms with van der Waals surface area (Å²) < 4.78 is 11.4. The van der Waals surface area contributed by atoms with Crippen LogP contribution in [0.25, 0.3) is 10.1 Å². The Bertz CT molecular complexity index is 852. The lowest BCUT2D eigenvalue weighted by Crippen LogP contribution is -1.96. The molecule has 23 heavy (non-hydrogen) atoms. The molecule has 0 bridgehead atoms. The zero-order valence-corrected chi connectivity index (χ0v) is 13.3. The number of methoxy groups -OCH3 is 1. The zero-order chi connectivity index (χ0) is 16.2. The first kappa shape index (κ1) is 15.2. The number of hydrogen-bond acceptors (Lipinski definition) is 5. The monoisotopic (exact) mass is 326 g/mol. The van der Waals surface area contributed by atoms with Crippen molar-refractivity contribution in [1.29, 1.82) is 0 Å². The maximum atomic E-state index is 11.7. The van der Waals surface area contributed by atoms with Gasteiger partial charge in [0.25, 0.3) is 0 Å². The number of rotatable bonds is 5. The van der Waals surface area contributed by atoms with Gasteiger partial charge in [-0.15, -0.1) is 11.3 Å². The average Bonchev–Trinajstić information content (AvgIpc) is 3.05. The maximum Gasteiger partial charge on any atom is 0.348 e. The number of carbonyl (C=O) groups excluding carboxylic acids is 2. The van der Waals surface area contributed by atoms with E-state index in [1.54, 1.807) is 18.2 Å². The smallest absolute Gasteiger partial charge is 0.348 e. The van der Waals surface area contributed by atoms with E-state index in [0.717, 1.165) is 16.5 Å². The summed E-state index contributed by atoms with van der Waals surface area (Å²) in [6, 6.07) is 14.9. The molecule has 0 aliphatic heterocycles. The van der Waals surface area contributed by atoms with E-state index in [2.05, 4.69) is 0 Å². The van der Waals surface area contributed by atoms with Crippen LogP contribution in [0.2, 0.25) is 0 Å². The van der Waals surface area contributed by atoms with Gasteiger partial charge in [0.1, 0.15) is 17.2 Å². The van der Waals surface area contributed by atoms with Gasteiger partial charge in [0.15, 0.2) is 6.29 Å². The molecule has 0 unspecified atom stereocenters. The van der Waals surface area contributed by atoms with Crippen LogP contribution in [0.15, 0.2) is 48.5 Å². The van der Waals surface area contributed by atoms with Gasteiger partial charge in [-0.2, -0.15) is 0 Å². The number of ether oxygens (including phenoxy) is 2. The Morgan fingerprint density at radius 3 is 2.65 bits per heavy atom. The van der Waals surface area contributed by atoms with Crippen LogP contribution < -0.4 is 4.74 Å². The van der Waals surface area contributed by atoms with E-state index < -0.39 is 5.97 Å². The van der Waals surface area contributed by atoms with Crippen LogP contribution in [0.5, 0.6) is 5.75 Å². The summed E-state index contributed by atoms with van der Waals surface area (Å²) in [5.41, 5.74) is 1.57. The molecule has 0 aliphatic carbocycles. The molecular weight excluding hydrogens is 312 g/mol. The highest BCUT2D eigenvalue weighted by atomic mass is 32.1. The first-order valence-electron chi connectivity index (χ1n) is 6.99. The molecule has 0 spiro atoms. The molecule has 5 heteroatoms. The van der Waals surface area contributed by atoms with Crippen molar-refractivity contribution in [3.05, 3.63) is 64.5 Å². The molecule has 0 amide bonds. The van der Waals surface area contributed by atoms with Crippen molar-refractivity contribution in [2.45, 2.75) is 6.61 Å². The Morgan fingerprint density at radius 2 is 1.96 bits per heavy atom. The number of aldehydes is 1. The predicted molar refractivity (Wildman–Crippen MR) is 89.3 cm³/mol. The van der Waals surface area contributed by atoms with Crippen molar-refractivity contribution in [1.82, 2.24) is 0 Å². The van der Waals surface area contributed by atoms with Crippen molar-refractivity contribution in [3.63, 3.8) is 0 Å². The van der Waals surface area contributed by atoms with Crippen LogP contribution >= 0.6 is 11.3 Å². The Hall–Kier alpha value is -2.66. The van der Waals surface area contributed by atoms with Gasteiger partial charge in [0.05, 0.1) is 11.8 Å². The fraction of sp³-hybridized carbons (Fsp3) is 0.111. The normalized spacial score (nSPS) is 10.5. The topological polar surface area (TPSA) is 52.6 Å². The van der Waals surface area contributed by atoms with Crippen LogP contribution in [0.1, 0.15) is 25.6 Å². The Kier molecular flexibility index (Phi) is 4.39. The lowest BCUT2D eigenvalue weighted by Gasteiger charge is -2.08. The minimum absolute atomic E-state index is 0.418. The average molecular weight is 326 g/mol. The van der Waals surface area contributed by atoms with E-state index in [1.807, 2.05) is 30.3 Å². The second-order valence-corrected chi connectivity index (χ2v) is 5.94. The second kappa shape index (κ2) is 6.62. The summed E-state index contributed by atoms with van der Waals surface area (Å²) in [7, 11) is 1.33. The highest BCUT2D eigenvalue weighted by molar-refractivity contribution is 7.21. The van der Waals surface area contributed by atoms with E-state index in [1.165, 1.54) is 18.4 Å². The van der Waals surface area contributed by atoms with E-state index >= 15 is 0 Å². The maximum absolute atomic E-state index is 11.7. The fourth-order valence-corrected chi connectivity index (χ4v) is 3.35. The summed E-state index contributed by atoms with van der Waals surface area (Å²) in [5, 5.41) is 0.705. The van der Waals surface area contributed by atoms with Gasteiger partial charge in [0, 0.05) is 10.9 Å². The molecule has 4 nitrogen and oxygen atoms in total. The molecule has 0 radical (unpaired) electrons. The fourth-order valence-electron chi connectivity index (χ4n) is 2.27. The minimum Gasteiger partial charge on any atom is -0.487 e. The molecule has 1 heterocycles. The Balaban J connectivity index is 1.98. The standard InChI is InChI=1S/C18H14O4S/c1-21-18(20)16-9-14-13(10-19)7-8-15(17(14)23-16)22-11-12-5-3-2-4-6-12/h2-10H,11H2,1H3. The first-order valence-corrected chi connectivity index (χ1v) is 7.81. The number of hydrogen-bond donors (Lipinski definition) is 0. The van der Waals surface area contributed by atoms with E-state index in [0.29, 0.717) is 28.2 Å². The molecule has 2 aromatic carbocycles. The highest BCUT2D eigenvalue weighted by Gasteiger charge is 2.16. The third-order valence-corrected chi connectivity index (χ3v) is 4.56. The number of fused-ring (bicyclic) bond motifs is 1. The zero-order valence-electron chi connectivity index (χ0n) is 12.4. The minimum atomic E-state index is -0.419. The van der Waals surface area contributed by atoms with Crippen LogP contribution in [0, 0.1) is 0 Å². The van der Waals surface area contributed by atoms with E-state index in [4.69, 9.17) is 9.47 Å². The molecule has 0 atom stereocenters. The van der Waals surface area contributed by atoms with Crippen LogP contribution in [-0.4, -0.2) is 19.4 Å². The molecule has 3 rings (SSSR count). The van der Waals surface area contributed by atoms with Gasteiger partial charge in [-0.05, 0) is 23.8 Å². The molecule has 0 saturated carbocycles. The lowest BCUT2D eigenvalue weighted by molar-refractivity contribution is 0.0606. The van der Waals surface area contributed by atoms with Crippen molar-refractivity contribution < 1.29 is 19.1 Å². The Morgan fingerprint density at radius 1 is 1.17 bits per heavy atom. The van der Waals surface area contributed by atoms with Crippen molar-refractivity contribution in [2.24, 2.45) is 0 Å². The van der Waals surface area contributed by atoms with Gasteiger partial charge in [0.2, 0.25) is 0 Å². The molecule has 0 saturated heterocycles. The number of carbonyl (C=O) groups is 2. The van der Waals surface area contributed by atoms with Crippen molar-refractivity contribution in [3.8, 4) is 5.75 Å². The van der Waals surface area contributed by atoms with Gasteiger partial charge in [-0.25, -0.2) is 4.79 Å². The van der Waals surface area contributed by atoms with Crippen molar-refractivity contribution in [2.75, 3.05) is 7.11 Å². The number of thiophene rings is 1. The third-order valence-electron chi connectivity index (χ3n) is 3.43. The second-order valence-electron chi connectivity index (χ2n) is 4.89. The largest absolute Gasteiger partial charge is 0.487 e. The van der Waals surface area contributed by atoms with Crippen LogP contribution in [0.3, 0.4) is 0 Å². The molecule has 0 N–H and O–H groups in total. The highest BCUT2D eigenvalue weighted by Crippen LogP contribution is 2.36. The molecule has 0 fully saturated rings. The van der Waals surface area contributed by atoms with E-state index in [-0.39, 0.29) is 0 Å². The van der Waals surface area contributed by atoms with Gasteiger partial charge < -0.3 is 9.47 Å². The van der Waals surface area contributed by atoms with Gasteiger partial charge in [-0.1, -0.05) is 30.3 Å². The van der Waals surface area contributed by atoms with Crippen LogP contribution in [0.4, 0.5) is 0 Å². The molecular formula is C18H14O4S. The summed E-state index contributed by atoms with van der Waals surface area (Å²) in [6.07, 6.45) is 0.775. The predicted octanol–water partition coefficient (Wildman–Crippen LogP) is 4.08. The molecule has 0 aliphatic rings. The first-order chi connectivity index (χ1) is 11.2. The molecule has 1 aromatic heterocycles. The van der Waals surface area contributed by atoms with Gasteiger partial charge in [-0.3, -0.25) is 4.79 Å². The Labute approximate surface area is 137 Å². The summed E-state index contributed by atoms with van der Waals surface area (Å²) in [4.78, 5) is 23.4. The quantitative estimate of drug-likeness (QED) is 0.524. The SMILES string of the molecule is COC(=O)c1cc2c(C=O)ccc(OCc3ccccc3)c2s1. The lowest BCUT2D eigenvalue weighted by atomic mass is 10.1. The van der Waals surface area contributed by atoms with Crippen molar-refractivity contribution >= 4 is 33.7 Å². The van der Waals surface area contributed by atoms with Gasteiger partial charge >= 0.3 is 5.97 Å². The summed E-state index contributed by atoms with van der Waals surface area (Å²) in [6.45, 7) is 0.418.